The molecule has 0 aliphatic heterocycles. The number of alkyl halides is 1. The summed E-state index contributed by atoms with van der Waals surface area (Å²) in [7, 11) is 0. The van der Waals surface area contributed by atoms with Crippen molar-refractivity contribution in [1.29, 1.82) is 0 Å². The topological polar surface area (TPSA) is 17.3 Å². The lowest BCUT2D eigenvalue weighted by molar-refractivity contribution is 0.761. The van der Waals surface area contributed by atoms with Crippen LogP contribution in [0.15, 0.2) is 42.0 Å². The van der Waals surface area contributed by atoms with Crippen molar-refractivity contribution in [3.63, 3.8) is 0 Å². The first-order chi connectivity index (χ1) is 9.26. The van der Waals surface area contributed by atoms with Gasteiger partial charge in [-0.15, -0.1) is 11.3 Å². The third-order valence-electron chi connectivity index (χ3n) is 3.13. The van der Waals surface area contributed by atoms with Crippen LogP contribution in [-0.4, -0.2) is 14.7 Å². The van der Waals surface area contributed by atoms with Gasteiger partial charge in [0.2, 0.25) is 0 Å². The third kappa shape index (κ3) is 2.86. The molecule has 0 saturated carbocycles. The number of hydrogen-bond donors (Lipinski definition) is 0. The van der Waals surface area contributed by atoms with Crippen LogP contribution in [0, 0.1) is 0 Å². The highest BCUT2D eigenvalue weighted by Gasteiger charge is 2.13. The maximum Gasteiger partial charge on any atom is 0.193 e. The maximum absolute atomic E-state index is 5.93. The smallest absolute Gasteiger partial charge is 0.193 e. The van der Waals surface area contributed by atoms with Crippen LogP contribution >= 0.6 is 38.9 Å². The Balaban J connectivity index is 1.83. The lowest BCUT2D eigenvalue weighted by Gasteiger charge is -2.13. The standard InChI is InChI=1S/C14H12BrClN2S/c15-8-11(10-1-3-12(16)4-2-10)7-13-9-18-5-6-19-14(18)17-13/h1-6,9,11H,7-8H2. The molecule has 0 aliphatic carbocycles. The van der Waals surface area contributed by atoms with Crippen LogP contribution in [0.5, 0.6) is 0 Å². The average Bonchev–Trinajstić information content (AvgIpc) is 2.98. The van der Waals surface area contributed by atoms with Gasteiger partial charge in [-0.25, -0.2) is 4.98 Å². The molecule has 5 heteroatoms. The average molecular weight is 356 g/mol. The zero-order chi connectivity index (χ0) is 13.2. The molecule has 0 N–H and O–H groups in total. The third-order valence-corrected chi connectivity index (χ3v) is 4.93. The van der Waals surface area contributed by atoms with Gasteiger partial charge in [0.15, 0.2) is 4.96 Å². The van der Waals surface area contributed by atoms with Crippen molar-refractivity contribution in [2.24, 2.45) is 0 Å². The van der Waals surface area contributed by atoms with Gasteiger partial charge in [0.05, 0.1) is 5.69 Å². The van der Waals surface area contributed by atoms with Crippen LogP contribution in [0.25, 0.3) is 4.96 Å². The van der Waals surface area contributed by atoms with E-state index < -0.39 is 0 Å². The lowest BCUT2D eigenvalue weighted by atomic mass is 9.96. The minimum Gasteiger partial charge on any atom is -0.297 e. The van der Waals surface area contributed by atoms with E-state index in [-0.39, 0.29) is 0 Å². The first-order valence-corrected chi connectivity index (χ1v) is 8.36. The lowest BCUT2D eigenvalue weighted by Crippen LogP contribution is -2.04. The molecule has 98 valence electrons. The summed E-state index contributed by atoms with van der Waals surface area (Å²) in [5.74, 6) is 0.418. The highest BCUT2D eigenvalue weighted by molar-refractivity contribution is 9.09. The van der Waals surface area contributed by atoms with Gasteiger partial charge in [-0.2, -0.15) is 0 Å². The van der Waals surface area contributed by atoms with Crippen molar-refractivity contribution in [1.82, 2.24) is 9.38 Å². The second kappa shape index (κ2) is 5.65. The van der Waals surface area contributed by atoms with Crippen molar-refractivity contribution in [3.05, 3.63) is 58.3 Å². The quantitative estimate of drug-likeness (QED) is 0.616. The summed E-state index contributed by atoms with van der Waals surface area (Å²) in [4.78, 5) is 5.69. The zero-order valence-electron chi connectivity index (χ0n) is 10.1. The van der Waals surface area contributed by atoms with Gasteiger partial charge in [0.1, 0.15) is 0 Å². The van der Waals surface area contributed by atoms with E-state index in [0.29, 0.717) is 5.92 Å². The Morgan fingerprint density at radius 2 is 2.11 bits per heavy atom. The Morgan fingerprint density at radius 3 is 2.79 bits per heavy atom. The molecule has 0 saturated heterocycles. The Morgan fingerprint density at radius 1 is 1.32 bits per heavy atom. The normalized spacial score (nSPS) is 12.9. The number of nitrogens with zero attached hydrogens (tertiary/aromatic N) is 2. The number of thiazole rings is 1. The van der Waals surface area contributed by atoms with Gasteiger partial charge in [-0.05, 0) is 30.0 Å². The molecule has 3 aromatic rings. The molecule has 2 nitrogen and oxygen atoms in total. The molecule has 19 heavy (non-hydrogen) atoms. The van der Waals surface area contributed by atoms with E-state index in [2.05, 4.69) is 43.6 Å². The van der Waals surface area contributed by atoms with E-state index in [0.717, 1.165) is 27.4 Å². The van der Waals surface area contributed by atoms with E-state index in [4.69, 9.17) is 11.6 Å². The highest BCUT2D eigenvalue weighted by Crippen LogP contribution is 2.25. The maximum atomic E-state index is 5.93. The number of halogens is 2. The van der Waals surface area contributed by atoms with E-state index >= 15 is 0 Å². The molecular weight excluding hydrogens is 344 g/mol. The number of aromatic nitrogens is 2. The molecule has 0 amide bonds. The van der Waals surface area contributed by atoms with Crippen LogP contribution in [0.4, 0.5) is 0 Å². The molecule has 2 heterocycles. The van der Waals surface area contributed by atoms with Gasteiger partial charge in [0.25, 0.3) is 0 Å². The van der Waals surface area contributed by atoms with Crippen molar-refractivity contribution < 1.29 is 0 Å². The van der Waals surface area contributed by atoms with Crippen molar-refractivity contribution in [2.45, 2.75) is 12.3 Å². The first-order valence-electron chi connectivity index (χ1n) is 5.99. The molecule has 2 aromatic heterocycles. The van der Waals surface area contributed by atoms with Gasteiger partial charge in [-0.3, -0.25) is 4.40 Å². The van der Waals surface area contributed by atoms with Crippen LogP contribution in [0.1, 0.15) is 17.2 Å². The zero-order valence-corrected chi connectivity index (χ0v) is 13.3. The van der Waals surface area contributed by atoms with E-state index in [1.165, 1.54) is 5.56 Å². The molecule has 0 fully saturated rings. The summed E-state index contributed by atoms with van der Waals surface area (Å²) >= 11 is 11.2. The predicted octanol–water partition coefficient (Wildman–Crippen LogP) is 4.77. The van der Waals surface area contributed by atoms with Crippen molar-refractivity contribution in [3.8, 4) is 0 Å². The Bertz CT molecular complexity index is 646. The molecule has 1 aromatic carbocycles. The Kier molecular flexibility index (Phi) is 3.91. The summed E-state index contributed by atoms with van der Waals surface area (Å²) in [6.45, 7) is 0. The van der Waals surface area contributed by atoms with Crippen LogP contribution in [-0.2, 0) is 6.42 Å². The minimum absolute atomic E-state index is 0.418. The Labute approximate surface area is 129 Å². The largest absolute Gasteiger partial charge is 0.297 e. The van der Waals surface area contributed by atoms with Crippen LogP contribution in [0.2, 0.25) is 5.02 Å². The van der Waals surface area contributed by atoms with Gasteiger partial charge in [-0.1, -0.05) is 39.7 Å². The van der Waals surface area contributed by atoms with Crippen molar-refractivity contribution >= 4 is 43.8 Å². The SMILES string of the molecule is Clc1ccc(C(CBr)Cc2cn3ccsc3n2)cc1. The number of hydrogen-bond acceptors (Lipinski definition) is 2. The molecule has 3 rings (SSSR count). The summed E-state index contributed by atoms with van der Waals surface area (Å²) in [6.07, 6.45) is 5.08. The van der Waals surface area contributed by atoms with Gasteiger partial charge in [0, 0.05) is 28.1 Å². The fourth-order valence-corrected chi connectivity index (χ4v) is 3.57. The van der Waals surface area contributed by atoms with Crippen LogP contribution in [0.3, 0.4) is 0 Å². The fourth-order valence-electron chi connectivity index (χ4n) is 2.12. The number of fused-ring (bicyclic) bond motifs is 1. The number of imidazole rings is 1. The van der Waals surface area contributed by atoms with Gasteiger partial charge < -0.3 is 0 Å². The van der Waals surface area contributed by atoms with E-state index in [1.54, 1.807) is 11.3 Å². The fraction of sp³-hybridized carbons (Fsp3) is 0.214. The monoisotopic (exact) mass is 354 g/mol. The number of rotatable bonds is 4. The summed E-state index contributed by atoms with van der Waals surface area (Å²) < 4.78 is 2.08. The molecule has 1 unspecified atom stereocenters. The molecular formula is C14H12BrClN2S. The highest BCUT2D eigenvalue weighted by atomic mass is 79.9. The van der Waals surface area contributed by atoms with E-state index in [9.17, 15) is 0 Å². The molecule has 1 atom stereocenters. The van der Waals surface area contributed by atoms with Crippen molar-refractivity contribution in [2.75, 3.05) is 5.33 Å². The molecule has 0 aliphatic rings. The summed E-state index contributed by atoms with van der Waals surface area (Å²) in [6, 6.07) is 8.07. The molecule has 0 radical (unpaired) electrons. The number of benzene rings is 1. The summed E-state index contributed by atoms with van der Waals surface area (Å²) in [5, 5.41) is 3.74. The summed E-state index contributed by atoms with van der Waals surface area (Å²) in [5.41, 5.74) is 2.42. The molecule has 0 spiro atoms. The second-order valence-electron chi connectivity index (χ2n) is 4.43. The molecule has 0 bridgehead atoms. The van der Waals surface area contributed by atoms with Crippen LogP contribution < -0.4 is 0 Å². The minimum atomic E-state index is 0.418. The predicted molar refractivity (Wildman–Crippen MR) is 84.8 cm³/mol. The Hall–Kier alpha value is -0.840. The second-order valence-corrected chi connectivity index (χ2v) is 6.39. The van der Waals surface area contributed by atoms with E-state index in [1.807, 2.05) is 23.7 Å². The van der Waals surface area contributed by atoms with Gasteiger partial charge >= 0.3 is 0 Å². The first kappa shape index (κ1) is 13.2.